The van der Waals surface area contributed by atoms with Crippen molar-refractivity contribution in [2.75, 3.05) is 12.4 Å². The molecule has 0 saturated carbocycles. The lowest BCUT2D eigenvalue weighted by Crippen LogP contribution is -2.24. The number of methoxy groups -OCH3 is 1. The van der Waals surface area contributed by atoms with E-state index >= 15 is 0 Å². The Morgan fingerprint density at radius 1 is 1.17 bits per heavy atom. The zero-order chi connectivity index (χ0) is 17.7. The topological polar surface area (TPSA) is 84.5 Å². The molecule has 0 bridgehead atoms. The van der Waals surface area contributed by atoms with E-state index in [4.69, 9.17) is 4.74 Å². The fourth-order valence-electron chi connectivity index (χ4n) is 2.25. The highest BCUT2D eigenvalue weighted by molar-refractivity contribution is 7.89. The minimum Gasteiger partial charge on any atom is -0.495 e. The SMILES string of the molecule is COc1ccc(NC(C)=O)cc1S(=O)(=O)NCc1cccc(C)c1. The Hall–Kier alpha value is -2.38. The molecule has 0 fully saturated rings. The summed E-state index contributed by atoms with van der Waals surface area (Å²) in [6.07, 6.45) is 0. The molecule has 0 unspecified atom stereocenters. The summed E-state index contributed by atoms with van der Waals surface area (Å²) in [4.78, 5) is 11.1. The maximum Gasteiger partial charge on any atom is 0.244 e. The molecule has 128 valence electrons. The average molecular weight is 348 g/mol. The minimum atomic E-state index is -3.80. The van der Waals surface area contributed by atoms with Crippen LogP contribution in [-0.4, -0.2) is 21.4 Å². The monoisotopic (exact) mass is 348 g/mol. The summed E-state index contributed by atoms with van der Waals surface area (Å²) in [5.41, 5.74) is 2.30. The van der Waals surface area contributed by atoms with Gasteiger partial charge in [-0.2, -0.15) is 0 Å². The second-order valence-corrected chi connectivity index (χ2v) is 7.10. The highest BCUT2D eigenvalue weighted by Gasteiger charge is 2.20. The van der Waals surface area contributed by atoms with Crippen LogP contribution in [0.4, 0.5) is 5.69 Å². The number of hydrogen-bond acceptors (Lipinski definition) is 4. The smallest absolute Gasteiger partial charge is 0.244 e. The Balaban J connectivity index is 2.28. The van der Waals surface area contributed by atoms with Gasteiger partial charge in [0.25, 0.3) is 0 Å². The van der Waals surface area contributed by atoms with Gasteiger partial charge in [-0.1, -0.05) is 29.8 Å². The van der Waals surface area contributed by atoms with Crippen molar-refractivity contribution in [2.45, 2.75) is 25.3 Å². The van der Waals surface area contributed by atoms with Crippen molar-refractivity contribution in [1.82, 2.24) is 4.72 Å². The first-order valence-electron chi connectivity index (χ1n) is 7.32. The van der Waals surface area contributed by atoms with Crippen molar-refractivity contribution in [1.29, 1.82) is 0 Å². The standard InChI is InChI=1S/C17H20N2O4S/c1-12-5-4-6-14(9-12)11-18-24(21,22)17-10-15(19-13(2)20)7-8-16(17)23-3/h4-10,18H,11H2,1-3H3,(H,19,20). The van der Waals surface area contributed by atoms with Crippen LogP contribution in [-0.2, 0) is 21.4 Å². The Labute approximate surface area is 141 Å². The summed E-state index contributed by atoms with van der Waals surface area (Å²) in [5, 5.41) is 2.56. The summed E-state index contributed by atoms with van der Waals surface area (Å²) >= 11 is 0. The third-order valence-corrected chi connectivity index (χ3v) is 4.74. The molecule has 0 aliphatic rings. The molecule has 0 aliphatic heterocycles. The summed E-state index contributed by atoms with van der Waals surface area (Å²) in [6, 6.07) is 12.0. The van der Waals surface area contributed by atoms with Crippen LogP contribution in [0.5, 0.6) is 5.75 Å². The number of benzene rings is 2. The molecule has 7 heteroatoms. The molecule has 0 spiro atoms. The van der Waals surface area contributed by atoms with Gasteiger partial charge in [-0.3, -0.25) is 4.79 Å². The number of anilines is 1. The van der Waals surface area contributed by atoms with Crippen molar-refractivity contribution in [3.63, 3.8) is 0 Å². The summed E-state index contributed by atoms with van der Waals surface area (Å²) in [5.74, 6) is -0.0721. The fraction of sp³-hybridized carbons (Fsp3) is 0.235. The molecule has 0 radical (unpaired) electrons. The van der Waals surface area contributed by atoms with Gasteiger partial charge in [0.05, 0.1) is 7.11 Å². The highest BCUT2D eigenvalue weighted by Crippen LogP contribution is 2.27. The van der Waals surface area contributed by atoms with E-state index in [0.29, 0.717) is 5.69 Å². The largest absolute Gasteiger partial charge is 0.495 e. The lowest BCUT2D eigenvalue weighted by molar-refractivity contribution is -0.114. The zero-order valence-corrected chi connectivity index (χ0v) is 14.6. The van der Waals surface area contributed by atoms with Crippen LogP contribution in [0.15, 0.2) is 47.4 Å². The van der Waals surface area contributed by atoms with Crippen LogP contribution < -0.4 is 14.8 Å². The number of ether oxygens (including phenoxy) is 1. The van der Waals surface area contributed by atoms with Crippen LogP contribution in [0, 0.1) is 6.92 Å². The fourth-order valence-corrected chi connectivity index (χ4v) is 3.46. The van der Waals surface area contributed by atoms with Crippen molar-refractivity contribution < 1.29 is 17.9 Å². The molecule has 1 amide bonds. The molecule has 2 aromatic rings. The lowest BCUT2D eigenvalue weighted by Gasteiger charge is -2.13. The van der Waals surface area contributed by atoms with Gasteiger partial charge < -0.3 is 10.1 Å². The van der Waals surface area contributed by atoms with Gasteiger partial charge in [-0.25, -0.2) is 13.1 Å². The lowest BCUT2D eigenvalue weighted by atomic mass is 10.1. The number of hydrogen-bond donors (Lipinski definition) is 2. The van der Waals surface area contributed by atoms with E-state index in [1.807, 2.05) is 31.2 Å². The molecule has 2 aromatic carbocycles. The van der Waals surface area contributed by atoms with E-state index in [9.17, 15) is 13.2 Å². The van der Waals surface area contributed by atoms with E-state index in [0.717, 1.165) is 11.1 Å². The number of carbonyl (C=O) groups excluding carboxylic acids is 1. The molecule has 0 aromatic heterocycles. The van der Waals surface area contributed by atoms with Gasteiger partial charge >= 0.3 is 0 Å². The molecular weight excluding hydrogens is 328 g/mol. The Morgan fingerprint density at radius 2 is 1.92 bits per heavy atom. The number of sulfonamides is 1. The normalized spacial score (nSPS) is 11.1. The number of aryl methyl sites for hydroxylation is 1. The number of amides is 1. The van der Waals surface area contributed by atoms with Crippen LogP contribution in [0.1, 0.15) is 18.1 Å². The summed E-state index contributed by atoms with van der Waals surface area (Å²) < 4.78 is 32.9. The Morgan fingerprint density at radius 3 is 2.54 bits per heavy atom. The predicted molar refractivity (Wildman–Crippen MR) is 92.5 cm³/mol. The van der Waals surface area contributed by atoms with E-state index in [1.54, 1.807) is 6.07 Å². The van der Waals surface area contributed by atoms with Crippen molar-refractivity contribution in [3.8, 4) is 5.75 Å². The maximum absolute atomic E-state index is 12.6. The molecule has 2 rings (SSSR count). The van der Waals surface area contributed by atoms with Crippen LogP contribution >= 0.6 is 0 Å². The highest BCUT2D eigenvalue weighted by atomic mass is 32.2. The molecule has 0 heterocycles. The summed E-state index contributed by atoms with van der Waals surface area (Å²) in [7, 11) is -2.40. The first-order valence-corrected chi connectivity index (χ1v) is 8.81. The van der Waals surface area contributed by atoms with Gasteiger partial charge in [-0.05, 0) is 30.7 Å². The van der Waals surface area contributed by atoms with Crippen LogP contribution in [0.2, 0.25) is 0 Å². The molecule has 24 heavy (non-hydrogen) atoms. The first-order chi connectivity index (χ1) is 11.3. The van der Waals surface area contributed by atoms with Gasteiger partial charge in [0.2, 0.25) is 15.9 Å². The number of carbonyl (C=O) groups is 1. The van der Waals surface area contributed by atoms with E-state index in [2.05, 4.69) is 10.0 Å². The molecular formula is C17H20N2O4S. The van der Waals surface area contributed by atoms with Gasteiger partial charge in [0.15, 0.2) is 0 Å². The van der Waals surface area contributed by atoms with Crippen molar-refractivity contribution in [3.05, 3.63) is 53.6 Å². The van der Waals surface area contributed by atoms with E-state index in [-0.39, 0.29) is 23.1 Å². The summed E-state index contributed by atoms with van der Waals surface area (Å²) in [6.45, 7) is 3.46. The first kappa shape index (κ1) is 18.0. The predicted octanol–water partition coefficient (Wildman–Crippen LogP) is 2.44. The van der Waals surface area contributed by atoms with Crippen LogP contribution in [0.25, 0.3) is 0 Å². The van der Waals surface area contributed by atoms with Gasteiger partial charge in [0.1, 0.15) is 10.6 Å². The third-order valence-electron chi connectivity index (χ3n) is 3.32. The van der Waals surface area contributed by atoms with Gasteiger partial charge in [0, 0.05) is 19.2 Å². The molecule has 0 saturated heterocycles. The molecule has 6 nitrogen and oxygen atoms in total. The Kier molecular flexibility index (Phi) is 5.58. The quantitative estimate of drug-likeness (QED) is 0.840. The number of rotatable bonds is 6. The van der Waals surface area contributed by atoms with Crippen molar-refractivity contribution in [2.24, 2.45) is 0 Å². The molecule has 0 atom stereocenters. The maximum atomic E-state index is 12.6. The second kappa shape index (κ2) is 7.46. The third kappa shape index (κ3) is 4.56. The van der Waals surface area contributed by atoms with Crippen LogP contribution in [0.3, 0.4) is 0 Å². The Bertz CT molecular complexity index is 847. The van der Waals surface area contributed by atoms with E-state index in [1.165, 1.54) is 26.2 Å². The average Bonchev–Trinajstić information content (AvgIpc) is 2.52. The molecule has 2 N–H and O–H groups in total. The number of nitrogens with one attached hydrogen (secondary N) is 2. The van der Waals surface area contributed by atoms with Gasteiger partial charge in [-0.15, -0.1) is 0 Å². The van der Waals surface area contributed by atoms with Crippen molar-refractivity contribution >= 4 is 21.6 Å². The molecule has 0 aliphatic carbocycles. The minimum absolute atomic E-state index is 0.0242. The second-order valence-electron chi connectivity index (χ2n) is 5.36. The van der Waals surface area contributed by atoms with E-state index < -0.39 is 10.0 Å². The zero-order valence-electron chi connectivity index (χ0n) is 13.8.